The van der Waals surface area contributed by atoms with Gasteiger partial charge in [0.15, 0.2) is 0 Å². The van der Waals surface area contributed by atoms with E-state index in [1.54, 1.807) is 16.8 Å². The van der Waals surface area contributed by atoms with Crippen LogP contribution in [-0.2, 0) is 15.0 Å². The Morgan fingerprint density at radius 1 is 1.62 bits per heavy atom. The standard InChI is InChI=1S/C8H12N2O4S2/c1-10(4-2-8(11)12)16(13,14)9-7-3-5-15-6-7/h3,5-6,9H,2,4H2,1H3,(H,11,12). The minimum absolute atomic E-state index is 0.0607. The van der Waals surface area contributed by atoms with E-state index in [1.165, 1.54) is 18.4 Å². The second kappa shape index (κ2) is 5.28. The zero-order valence-electron chi connectivity index (χ0n) is 8.58. The fraction of sp³-hybridized carbons (Fsp3) is 0.375. The van der Waals surface area contributed by atoms with E-state index >= 15 is 0 Å². The molecule has 0 fully saturated rings. The summed E-state index contributed by atoms with van der Waals surface area (Å²) in [4.78, 5) is 10.3. The van der Waals surface area contributed by atoms with E-state index in [2.05, 4.69) is 4.72 Å². The summed E-state index contributed by atoms with van der Waals surface area (Å²) in [6.45, 7) is -0.0607. The summed E-state index contributed by atoms with van der Waals surface area (Å²) in [6.07, 6.45) is -0.221. The Bertz CT molecular complexity index is 441. The van der Waals surface area contributed by atoms with Gasteiger partial charge in [-0.15, -0.1) is 0 Å². The summed E-state index contributed by atoms with van der Waals surface area (Å²) in [5.74, 6) is -1.03. The lowest BCUT2D eigenvalue weighted by atomic mass is 10.4. The Morgan fingerprint density at radius 3 is 2.81 bits per heavy atom. The van der Waals surface area contributed by atoms with Crippen LogP contribution in [0.25, 0.3) is 0 Å². The fourth-order valence-corrected chi connectivity index (χ4v) is 2.50. The molecular weight excluding hydrogens is 252 g/mol. The van der Waals surface area contributed by atoms with E-state index in [4.69, 9.17) is 5.11 Å². The van der Waals surface area contributed by atoms with E-state index in [-0.39, 0.29) is 13.0 Å². The van der Waals surface area contributed by atoms with Crippen LogP contribution in [0.2, 0.25) is 0 Å². The van der Waals surface area contributed by atoms with Gasteiger partial charge in [0.1, 0.15) is 0 Å². The zero-order chi connectivity index (χ0) is 12.2. The first-order chi connectivity index (χ1) is 7.42. The normalized spacial score (nSPS) is 11.6. The average molecular weight is 264 g/mol. The minimum Gasteiger partial charge on any atom is -0.481 e. The van der Waals surface area contributed by atoms with Crippen molar-refractivity contribution in [3.8, 4) is 0 Å². The van der Waals surface area contributed by atoms with Crippen LogP contribution < -0.4 is 4.72 Å². The number of rotatable bonds is 6. The van der Waals surface area contributed by atoms with Gasteiger partial charge in [-0.05, 0) is 11.4 Å². The molecule has 1 aromatic heterocycles. The minimum atomic E-state index is -3.65. The third-order valence-corrected chi connectivity index (χ3v) is 4.00. The number of carboxylic acid groups (broad SMARTS) is 1. The maximum Gasteiger partial charge on any atom is 0.304 e. The van der Waals surface area contributed by atoms with Gasteiger partial charge < -0.3 is 5.11 Å². The highest BCUT2D eigenvalue weighted by atomic mass is 32.2. The predicted molar refractivity (Wildman–Crippen MR) is 61.7 cm³/mol. The lowest BCUT2D eigenvalue weighted by Crippen LogP contribution is -2.34. The van der Waals surface area contributed by atoms with Crippen LogP contribution >= 0.6 is 11.3 Å². The van der Waals surface area contributed by atoms with Gasteiger partial charge in [-0.3, -0.25) is 9.52 Å². The van der Waals surface area contributed by atoms with Crippen LogP contribution in [0.15, 0.2) is 16.8 Å². The van der Waals surface area contributed by atoms with E-state index in [0.717, 1.165) is 4.31 Å². The molecule has 0 unspecified atom stereocenters. The van der Waals surface area contributed by atoms with Gasteiger partial charge in [0.25, 0.3) is 0 Å². The van der Waals surface area contributed by atoms with Crippen molar-refractivity contribution in [1.29, 1.82) is 0 Å². The number of carboxylic acids is 1. The highest BCUT2D eigenvalue weighted by Gasteiger charge is 2.18. The van der Waals surface area contributed by atoms with E-state index < -0.39 is 16.2 Å². The molecule has 1 heterocycles. The maximum absolute atomic E-state index is 11.6. The summed E-state index contributed by atoms with van der Waals surface area (Å²) >= 11 is 1.37. The largest absolute Gasteiger partial charge is 0.481 e. The third kappa shape index (κ3) is 3.80. The molecule has 0 aliphatic heterocycles. The average Bonchev–Trinajstić information content (AvgIpc) is 2.65. The van der Waals surface area contributed by atoms with Crippen LogP contribution in [-0.4, -0.2) is 37.4 Å². The first-order valence-electron chi connectivity index (χ1n) is 4.40. The Balaban J connectivity index is 2.59. The number of hydrogen-bond acceptors (Lipinski definition) is 4. The van der Waals surface area contributed by atoms with Gasteiger partial charge in [0, 0.05) is 19.0 Å². The number of nitrogens with zero attached hydrogens (tertiary/aromatic N) is 1. The second-order valence-corrected chi connectivity index (χ2v) is 5.64. The predicted octanol–water partition coefficient (Wildman–Crippen LogP) is 0.811. The van der Waals surface area contributed by atoms with Gasteiger partial charge in [0.05, 0.1) is 12.1 Å². The molecular formula is C8H12N2O4S2. The van der Waals surface area contributed by atoms with Crippen molar-refractivity contribution in [3.63, 3.8) is 0 Å². The Labute approximate surface area is 97.7 Å². The van der Waals surface area contributed by atoms with Gasteiger partial charge in [-0.25, -0.2) is 0 Å². The molecule has 0 atom stereocenters. The maximum atomic E-state index is 11.6. The molecule has 2 N–H and O–H groups in total. The highest BCUT2D eigenvalue weighted by molar-refractivity contribution is 7.90. The van der Waals surface area contributed by atoms with E-state index in [1.807, 2.05) is 0 Å². The lowest BCUT2D eigenvalue weighted by Gasteiger charge is -2.16. The molecule has 0 spiro atoms. The molecule has 90 valence electrons. The molecule has 6 nitrogen and oxygen atoms in total. The van der Waals surface area contributed by atoms with E-state index in [0.29, 0.717) is 5.69 Å². The van der Waals surface area contributed by atoms with Crippen molar-refractivity contribution in [1.82, 2.24) is 4.31 Å². The van der Waals surface area contributed by atoms with Crippen molar-refractivity contribution >= 4 is 33.2 Å². The van der Waals surface area contributed by atoms with Crippen molar-refractivity contribution in [2.24, 2.45) is 0 Å². The molecule has 1 rings (SSSR count). The summed E-state index contributed by atoms with van der Waals surface area (Å²) in [6, 6.07) is 1.63. The smallest absolute Gasteiger partial charge is 0.304 e. The fourth-order valence-electron chi connectivity index (χ4n) is 0.923. The Hall–Kier alpha value is -1.12. The molecule has 0 bridgehead atoms. The number of anilines is 1. The molecule has 0 radical (unpaired) electrons. The van der Waals surface area contributed by atoms with Crippen LogP contribution in [0.4, 0.5) is 5.69 Å². The summed E-state index contributed by atoms with van der Waals surface area (Å²) in [5.41, 5.74) is 0.479. The van der Waals surface area contributed by atoms with Crippen LogP contribution in [0, 0.1) is 0 Å². The van der Waals surface area contributed by atoms with Crippen molar-refractivity contribution < 1.29 is 18.3 Å². The quantitative estimate of drug-likeness (QED) is 0.796. The van der Waals surface area contributed by atoms with Crippen molar-refractivity contribution in [2.45, 2.75) is 6.42 Å². The zero-order valence-corrected chi connectivity index (χ0v) is 10.2. The Kier molecular flexibility index (Phi) is 4.27. The van der Waals surface area contributed by atoms with Gasteiger partial charge in [0.2, 0.25) is 0 Å². The molecule has 0 aliphatic rings. The van der Waals surface area contributed by atoms with Crippen molar-refractivity contribution in [3.05, 3.63) is 16.8 Å². The number of nitrogens with one attached hydrogen (secondary N) is 1. The third-order valence-electron chi connectivity index (χ3n) is 1.82. The van der Waals surface area contributed by atoms with Crippen LogP contribution in [0.1, 0.15) is 6.42 Å². The Morgan fingerprint density at radius 2 is 2.31 bits per heavy atom. The topological polar surface area (TPSA) is 86.7 Å². The molecule has 0 saturated carbocycles. The van der Waals surface area contributed by atoms with E-state index in [9.17, 15) is 13.2 Å². The van der Waals surface area contributed by atoms with Gasteiger partial charge >= 0.3 is 16.2 Å². The summed E-state index contributed by atoms with van der Waals surface area (Å²) in [7, 11) is -2.32. The number of thiophene rings is 1. The molecule has 16 heavy (non-hydrogen) atoms. The first kappa shape index (κ1) is 12.9. The number of aliphatic carboxylic acids is 1. The molecule has 0 aromatic carbocycles. The van der Waals surface area contributed by atoms with Crippen molar-refractivity contribution in [2.75, 3.05) is 18.3 Å². The number of carbonyl (C=O) groups is 1. The number of hydrogen-bond donors (Lipinski definition) is 2. The molecule has 0 saturated heterocycles. The second-order valence-electron chi connectivity index (χ2n) is 3.08. The molecule has 1 aromatic rings. The SMILES string of the molecule is CN(CCC(=O)O)S(=O)(=O)Nc1ccsc1. The molecule has 0 amide bonds. The van der Waals surface area contributed by atoms with Crippen LogP contribution in [0.3, 0.4) is 0 Å². The van der Waals surface area contributed by atoms with Gasteiger partial charge in [-0.1, -0.05) is 0 Å². The monoisotopic (exact) mass is 264 g/mol. The highest BCUT2D eigenvalue weighted by Crippen LogP contribution is 2.14. The molecule has 0 aliphatic carbocycles. The molecule has 8 heteroatoms. The summed E-state index contributed by atoms with van der Waals surface area (Å²) < 4.78 is 26.6. The lowest BCUT2D eigenvalue weighted by molar-refractivity contribution is -0.137. The van der Waals surface area contributed by atoms with Gasteiger partial charge in [-0.2, -0.15) is 24.1 Å². The first-order valence-corrected chi connectivity index (χ1v) is 6.78. The van der Waals surface area contributed by atoms with Crippen LogP contribution in [0.5, 0.6) is 0 Å². The summed E-state index contributed by atoms with van der Waals surface area (Å²) in [5, 5.41) is 11.8.